The van der Waals surface area contributed by atoms with Crippen LogP contribution in [0.1, 0.15) is 23.0 Å². The Kier molecular flexibility index (Phi) is 8.62. The molecular weight excluding hydrogens is 523 g/mol. The number of hydrogen-bond donors (Lipinski definition) is 1. The number of nitrogens with zero attached hydrogens (tertiary/aromatic N) is 3. The van der Waals surface area contributed by atoms with Crippen molar-refractivity contribution in [2.24, 2.45) is 4.99 Å². The highest BCUT2D eigenvalue weighted by atomic mass is 127. The molecule has 0 atom stereocenters. The molecule has 0 radical (unpaired) electrons. The first kappa shape index (κ1) is 21.7. The van der Waals surface area contributed by atoms with Crippen molar-refractivity contribution in [3.05, 3.63) is 58.5 Å². The lowest BCUT2D eigenvalue weighted by Crippen LogP contribution is -2.53. The molecule has 0 spiro atoms. The van der Waals surface area contributed by atoms with E-state index in [9.17, 15) is 4.79 Å². The minimum Gasteiger partial charge on any atom is -0.459 e. The van der Waals surface area contributed by atoms with E-state index < -0.39 is 0 Å². The number of benzene rings is 1. The molecule has 2 heterocycles. The van der Waals surface area contributed by atoms with E-state index in [0.29, 0.717) is 25.4 Å². The molecule has 0 bridgehead atoms. The molecule has 6 nitrogen and oxygen atoms in total. The number of rotatable bonds is 4. The smallest absolute Gasteiger partial charge is 0.289 e. The fourth-order valence-electron chi connectivity index (χ4n) is 2.86. The fraction of sp³-hybridized carbons (Fsp3) is 0.368. The third-order valence-corrected chi connectivity index (χ3v) is 4.79. The normalized spacial score (nSPS) is 14.7. The van der Waals surface area contributed by atoms with Crippen LogP contribution in [-0.2, 0) is 6.54 Å². The molecule has 1 amide bonds. The van der Waals surface area contributed by atoms with Crippen molar-refractivity contribution in [2.75, 3.05) is 32.7 Å². The summed E-state index contributed by atoms with van der Waals surface area (Å²) in [5.74, 6) is 1.24. The van der Waals surface area contributed by atoms with Crippen molar-refractivity contribution in [2.45, 2.75) is 13.5 Å². The molecule has 3 rings (SSSR count). The number of amides is 1. The van der Waals surface area contributed by atoms with Crippen molar-refractivity contribution >= 4 is 51.8 Å². The highest BCUT2D eigenvalue weighted by molar-refractivity contribution is 14.0. The van der Waals surface area contributed by atoms with Gasteiger partial charge in [-0.3, -0.25) is 4.79 Å². The minimum atomic E-state index is -0.0496. The van der Waals surface area contributed by atoms with Crippen LogP contribution in [0.15, 0.2) is 56.5 Å². The number of carbonyl (C=O) groups excluding carboxylic acids is 1. The van der Waals surface area contributed by atoms with Crippen LogP contribution >= 0.6 is 39.9 Å². The van der Waals surface area contributed by atoms with Gasteiger partial charge in [0.05, 0.1) is 12.8 Å². The zero-order valence-corrected chi connectivity index (χ0v) is 19.1. The van der Waals surface area contributed by atoms with Crippen LogP contribution in [0, 0.1) is 0 Å². The third kappa shape index (κ3) is 5.97. The van der Waals surface area contributed by atoms with Crippen molar-refractivity contribution in [3.8, 4) is 0 Å². The molecule has 0 unspecified atom stereocenters. The van der Waals surface area contributed by atoms with E-state index >= 15 is 0 Å². The van der Waals surface area contributed by atoms with Gasteiger partial charge in [-0.25, -0.2) is 4.99 Å². The van der Waals surface area contributed by atoms with Crippen LogP contribution in [0.5, 0.6) is 0 Å². The summed E-state index contributed by atoms with van der Waals surface area (Å²) >= 11 is 3.45. The maximum absolute atomic E-state index is 12.4. The van der Waals surface area contributed by atoms with Gasteiger partial charge in [0, 0.05) is 37.2 Å². The summed E-state index contributed by atoms with van der Waals surface area (Å²) < 4.78 is 6.28. The Balaban J connectivity index is 0.00000261. The Morgan fingerprint density at radius 1 is 1.15 bits per heavy atom. The minimum absolute atomic E-state index is 0. The van der Waals surface area contributed by atoms with Gasteiger partial charge in [0.2, 0.25) is 0 Å². The van der Waals surface area contributed by atoms with Gasteiger partial charge in [0.25, 0.3) is 5.91 Å². The first-order valence-electron chi connectivity index (χ1n) is 8.78. The number of nitrogens with one attached hydrogen (secondary N) is 1. The van der Waals surface area contributed by atoms with E-state index in [1.165, 1.54) is 6.26 Å². The molecule has 2 aromatic rings. The molecular formula is C19H24BrIN4O2. The van der Waals surface area contributed by atoms with Crippen LogP contribution in [0.2, 0.25) is 0 Å². The zero-order chi connectivity index (χ0) is 18.4. The lowest BCUT2D eigenvalue weighted by atomic mass is 10.2. The van der Waals surface area contributed by atoms with Gasteiger partial charge in [-0.15, -0.1) is 24.0 Å². The Hall–Kier alpha value is -1.55. The molecule has 1 aliphatic heterocycles. The predicted octanol–water partition coefficient (Wildman–Crippen LogP) is 3.58. The molecule has 27 heavy (non-hydrogen) atoms. The summed E-state index contributed by atoms with van der Waals surface area (Å²) in [5, 5.41) is 3.35. The molecule has 1 aliphatic rings. The summed E-state index contributed by atoms with van der Waals surface area (Å²) in [6, 6.07) is 11.6. The van der Waals surface area contributed by atoms with Crippen LogP contribution < -0.4 is 5.32 Å². The second-order valence-corrected chi connectivity index (χ2v) is 6.97. The first-order valence-corrected chi connectivity index (χ1v) is 9.57. The number of halogens is 2. The van der Waals surface area contributed by atoms with Gasteiger partial charge in [0.15, 0.2) is 11.7 Å². The second-order valence-electron chi connectivity index (χ2n) is 6.05. The Bertz CT molecular complexity index is 742. The van der Waals surface area contributed by atoms with Crippen molar-refractivity contribution < 1.29 is 9.21 Å². The number of hydrogen-bond acceptors (Lipinski definition) is 3. The molecule has 146 valence electrons. The molecule has 0 saturated carbocycles. The Labute approximate surface area is 185 Å². The van der Waals surface area contributed by atoms with Crippen molar-refractivity contribution in [1.82, 2.24) is 15.1 Å². The second kappa shape index (κ2) is 10.7. The van der Waals surface area contributed by atoms with E-state index in [-0.39, 0.29) is 29.9 Å². The summed E-state index contributed by atoms with van der Waals surface area (Å²) in [5.41, 5.74) is 1.16. The average Bonchev–Trinajstić information content (AvgIpc) is 3.21. The van der Waals surface area contributed by atoms with Crippen LogP contribution in [0.4, 0.5) is 0 Å². The summed E-state index contributed by atoms with van der Waals surface area (Å²) in [6.07, 6.45) is 1.53. The summed E-state index contributed by atoms with van der Waals surface area (Å²) in [6.45, 7) is 6.30. The molecule has 0 aliphatic carbocycles. The van der Waals surface area contributed by atoms with E-state index in [1.807, 2.05) is 17.0 Å². The zero-order valence-electron chi connectivity index (χ0n) is 15.2. The Morgan fingerprint density at radius 3 is 2.41 bits per heavy atom. The lowest BCUT2D eigenvalue weighted by Gasteiger charge is -2.36. The maximum Gasteiger partial charge on any atom is 0.289 e. The quantitative estimate of drug-likeness (QED) is 0.362. The van der Waals surface area contributed by atoms with Crippen LogP contribution in [-0.4, -0.2) is 54.4 Å². The molecule has 1 fully saturated rings. The van der Waals surface area contributed by atoms with Crippen molar-refractivity contribution in [1.29, 1.82) is 0 Å². The van der Waals surface area contributed by atoms with Gasteiger partial charge in [-0.2, -0.15) is 0 Å². The number of furan rings is 1. The number of aliphatic imine (C=N–C) groups is 1. The van der Waals surface area contributed by atoms with E-state index in [2.05, 4.69) is 45.2 Å². The standard InChI is InChI=1S/C19H23BrN4O2.HI/c1-2-21-19(22-14-15-5-7-16(20)8-6-15)24-11-9-23(10-12-24)18(25)17-4-3-13-26-17;/h3-8,13H,2,9-12,14H2,1H3,(H,21,22);1H. The van der Waals surface area contributed by atoms with Crippen LogP contribution in [0.3, 0.4) is 0 Å². The third-order valence-electron chi connectivity index (χ3n) is 4.26. The number of guanidine groups is 1. The van der Waals surface area contributed by atoms with Crippen LogP contribution in [0.25, 0.3) is 0 Å². The lowest BCUT2D eigenvalue weighted by molar-refractivity contribution is 0.0657. The SMILES string of the molecule is CCNC(=NCc1ccc(Br)cc1)N1CCN(C(=O)c2ccco2)CC1.I. The topological polar surface area (TPSA) is 61.1 Å². The van der Waals surface area contributed by atoms with E-state index in [0.717, 1.165) is 35.6 Å². The molecule has 1 N–H and O–H groups in total. The van der Waals surface area contributed by atoms with Gasteiger partial charge in [0.1, 0.15) is 0 Å². The molecule has 1 aromatic carbocycles. The molecule has 8 heteroatoms. The number of carbonyl (C=O) groups is 1. The van der Waals surface area contributed by atoms with Gasteiger partial charge >= 0.3 is 0 Å². The maximum atomic E-state index is 12.4. The fourth-order valence-corrected chi connectivity index (χ4v) is 3.12. The van der Waals surface area contributed by atoms with Gasteiger partial charge < -0.3 is 19.5 Å². The molecule has 1 aromatic heterocycles. The average molecular weight is 547 g/mol. The van der Waals surface area contributed by atoms with Gasteiger partial charge in [-0.1, -0.05) is 28.1 Å². The summed E-state index contributed by atoms with van der Waals surface area (Å²) in [4.78, 5) is 21.1. The predicted molar refractivity (Wildman–Crippen MR) is 121 cm³/mol. The first-order chi connectivity index (χ1) is 12.7. The van der Waals surface area contributed by atoms with E-state index in [1.54, 1.807) is 12.1 Å². The van der Waals surface area contributed by atoms with Gasteiger partial charge in [-0.05, 0) is 36.8 Å². The Morgan fingerprint density at radius 2 is 1.81 bits per heavy atom. The number of piperazine rings is 1. The highest BCUT2D eigenvalue weighted by Crippen LogP contribution is 2.12. The molecule has 1 saturated heterocycles. The monoisotopic (exact) mass is 546 g/mol. The van der Waals surface area contributed by atoms with E-state index in [4.69, 9.17) is 9.41 Å². The summed E-state index contributed by atoms with van der Waals surface area (Å²) in [7, 11) is 0. The van der Waals surface area contributed by atoms with Crippen molar-refractivity contribution in [3.63, 3.8) is 0 Å². The largest absolute Gasteiger partial charge is 0.459 e. The highest BCUT2D eigenvalue weighted by Gasteiger charge is 2.25.